The van der Waals surface area contributed by atoms with Crippen LogP contribution in [0.25, 0.3) is 5.69 Å². The highest BCUT2D eigenvalue weighted by Gasteiger charge is 2.22. The Hall–Kier alpha value is -2.14. The van der Waals surface area contributed by atoms with E-state index in [9.17, 15) is 9.90 Å². The Labute approximate surface area is 97.7 Å². The van der Waals surface area contributed by atoms with Crippen LogP contribution in [-0.4, -0.2) is 21.2 Å². The second-order valence-electron chi connectivity index (χ2n) is 3.96. The molecule has 0 fully saturated rings. The summed E-state index contributed by atoms with van der Waals surface area (Å²) in [6.07, 6.45) is 0.781. The Morgan fingerprint density at radius 1 is 1.29 bits per heavy atom. The molecular formula is C12H11N3O2. The third-order valence-electron chi connectivity index (χ3n) is 2.92. The number of phenolic OH excluding ortho intramolecular Hbond substituents is 1. The maximum absolute atomic E-state index is 10.9. The lowest BCUT2D eigenvalue weighted by molar-refractivity contribution is 0.111. The van der Waals surface area contributed by atoms with E-state index in [1.54, 1.807) is 28.9 Å². The van der Waals surface area contributed by atoms with Crippen LogP contribution in [0.1, 0.15) is 21.7 Å². The van der Waals surface area contributed by atoms with E-state index in [0.717, 1.165) is 23.2 Å². The van der Waals surface area contributed by atoms with Crippen molar-refractivity contribution >= 4 is 6.29 Å². The van der Waals surface area contributed by atoms with Crippen LogP contribution < -0.4 is 5.32 Å². The third kappa shape index (κ3) is 1.52. The molecule has 1 aliphatic rings. The van der Waals surface area contributed by atoms with Gasteiger partial charge >= 0.3 is 0 Å². The minimum absolute atomic E-state index is 0.214. The van der Waals surface area contributed by atoms with Gasteiger partial charge in [0, 0.05) is 18.7 Å². The zero-order chi connectivity index (χ0) is 11.8. The Morgan fingerprint density at radius 3 is 2.76 bits per heavy atom. The van der Waals surface area contributed by atoms with Crippen LogP contribution in [0.15, 0.2) is 24.3 Å². The molecule has 3 rings (SSSR count). The molecule has 1 aliphatic heterocycles. The topological polar surface area (TPSA) is 67.2 Å². The fraction of sp³-hybridized carbons (Fsp3) is 0.167. The molecule has 17 heavy (non-hydrogen) atoms. The largest absolute Gasteiger partial charge is 0.508 e. The fourth-order valence-corrected chi connectivity index (χ4v) is 2.09. The van der Waals surface area contributed by atoms with Gasteiger partial charge in [-0.3, -0.25) is 4.79 Å². The Bertz CT molecular complexity index is 572. The van der Waals surface area contributed by atoms with Gasteiger partial charge in [-0.25, -0.2) is 4.68 Å². The van der Waals surface area contributed by atoms with Gasteiger partial charge in [-0.05, 0) is 24.3 Å². The molecule has 2 N–H and O–H groups in total. The molecule has 2 aromatic rings. The maximum Gasteiger partial charge on any atom is 0.170 e. The first kappa shape index (κ1) is 10.0. The first-order chi connectivity index (χ1) is 8.29. The van der Waals surface area contributed by atoms with Gasteiger partial charge in [-0.1, -0.05) is 0 Å². The normalized spacial score (nSPS) is 13.6. The average molecular weight is 229 g/mol. The van der Waals surface area contributed by atoms with Crippen molar-refractivity contribution in [3.63, 3.8) is 0 Å². The van der Waals surface area contributed by atoms with Crippen molar-refractivity contribution in [3.05, 3.63) is 41.2 Å². The van der Waals surface area contributed by atoms with Gasteiger partial charge in [-0.15, -0.1) is 0 Å². The van der Waals surface area contributed by atoms with Crippen LogP contribution in [0.3, 0.4) is 0 Å². The van der Waals surface area contributed by atoms with Crippen LogP contribution >= 0.6 is 0 Å². The van der Waals surface area contributed by atoms with Gasteiger partial charge in [0.25, 0.3) is 0 Å². The van der Waals surface area contributed by atoms with Crippen LogP contribution in [0.4, 0.5) is 0 Å². The van der Waals surface area contributed by atoms with E-state index >= 15 is 0 Å². The number of aromatic hydroxyl groups is 1. The highest BCUT2D eigenvalue weighted by Crippen LogP contribution is 2.23. The summed E-state index contributed by atoms with van der Waals surface area (Å²) in [7, 11) is 0. The van der Waals surface area contributed by atoms with Crippen molar-refractivity contribution in [1.82, 2.24) is 15.1 Å². The zero-order valence-corrected chi connectivity index (χ0v) is 9.05. The molecule has 2 heterocycles. The Morgan fingerprint density at radius 2 is 2.06 bits per heavy atom. The number of rotatable bonds is 2. The Balaban J connectivity index is 2.15. The molecule has 0 amide bonds. The van der Waals surface area contributed by atoms with E-state index in [2.05, 4.69) is 10.4 Å². The molecule has 1 aromatic heterocycles. The van der Waals surface area contributed by atoms with E-state index in [1.807, 2.05) is 0 Å². The molecule has 0 saturated heterocycles. The van der Waals surface area contributed by atoms with Crippen molar-refractivity contribution in [1.29, 1.82) is 0 Å². The van der Waals surface area contributed by atoms with Gasteiger partial charge in [-0.2, -0.15) is 5.10 Å². The minimum atomic E-state index is 0.214. The molecule has 86 valence electrons. The van der Waals surface area contributed by atoms with E-state index in [1.165, 1.54) is 0 Å². The smallest absolute Gasteiger partial charge is 0.170 e. The Kier molecular flexibility index (Phi) is 2.19. The van der Waals surface area contributed by atoms with Gasteiger partial charge in [0.2, 0.25) is 0 Å². The number of hydrogen-bond donors (Lipinski definition) is 2. The van der Waals surface area contributed by atoms with Gasteiger partial charge in [0.1, 0.15) is 11.4 Å². The van der Waals surface area contributed by atoms with Gasteiger partial charge in [0.05, 0.1) is 11.4 Å². The van der Waals surface area contributed by atoms with Crippen molar-refractivity contribution in [2.75, 3.05) is 0 Å². The summed E-state index contributed by atoms with van der Waals surface area (Å²) in [5.41, 5.74) is 3.31. The second kappa shape index (κ2) is 3.71. The number of nitrogens with zero attached hydrogens (tertiary/aromatic N) is 2. The summed E-state index contributed by atoms with van der Waals surface area (Å²) in [5.74, 6) is 0.214. The molecule has 0 bridgehead atoms. The SMILES string of the molecule is O=Cc1nn(-c2ccc(O)cc2)c2c1CNC2. The second-order valence-corrected chi connectivity index (χ2v) is 3.96. The monoisotopic (exact) mass is 229 g/mol. The average Bonchev–Trinajstić information content (AvgIpc) is 2.91. The molecule has 0 unspecified atom stereocenters. The number of phenols is 1. The van der Waals surface area contributed by atoms with Crippen LogP contribution in [-0.2, 0) is 13.1 Å². The predicted molar refractivity (Wildman–Crippen MR) is 61.2 cm³/mol. The summed E-state index contributed by atoms with van der Waals surface area (Å²) < 4.78 is 1.75. The van der Waals surface area contributed by atoms with E-state index in [0.29, 0.717) is 18.8 Å². The summed E-state index contributed by atoms with van der Waals surface area (Å²) in [6, 6.07) is 6.75. The summed E-state index contributed by atoms with van der Waals surface area (Å²) in [4.78, 5) is 10.9. The van der Waals surface area contributed by atoms with E-state index in [4.69, 9.17) is 0 Å². The fourth-order valence-electron chi connectivity index (χ4n) is 2.09. The highest BCUT2D eigenvalue weighted by atomic mass is 16.3. The first-order valence-electron chi connectivity index (χ1n) is 5.35. The van der Waals surface area contributed by atoms with Crippen molar-refractivity contribution in [2.45, 2.75) is 13.1 Å². The number of aldehydes is 1. The molecule has 5 heteroatoms. The minimum Gasteiger partial charge on any atom is -0.508 e. The summed E-state index contributed by atoms with van der Waals surface area (Å²) in [6.45, 7) is 1.39. The molecule has 0 atom stereocenters. The van der Waals surface area contributed by atoms with Crippen LogP contribution in [0, 0.1) is 0 Å². The number of carbonyl (C=O) groups excluding carboxylic acids is 1. The predicted octanol–water partition coefficient (Wildman–Crippen LogP) is 0.994. The molecule has 0 aliphatic carbocycles. The summed E-state index contributed by atoms with van der Waals surface area (Å²) in [5, 5.41) is 16.7. The standard InChI is InChI=1S/C12H11N3O2/c16-7-11-10-5-13-6-12(10)15(14-11)8-1-3-9(17)4-2-8/h1-4,7,13,17H,5-6H2. The van der Waals surface area contributed by atoms with E-state index < -0.39 is 0 Å². The summed E-state index contributed by atoms with van der Waals surface area (Å²) >= 11 is 0. The number of aromatic nitrogens is 2. The van der Waals surface area contributed by atoms with Crippen LogP contribution in [0.2, 0.25) is 0 Å². The molecule has 1 aromatic carbocycles. The number of fused-ring (bicyclic) bond motifs is 1. The molecular weight excluding hydrogens is 218 g/mol. The van der Waals surface area contributed by atoms with Crippen molar-refractivity contribution in [3.8, 4) is 11.4 Å². The maximum atomic E-state index is 10.9. The third-order valence-corrected chi connectivity index (χ3v) is 2.92. The highest BCUT2D eigenvalue weighted by molar-refractivity contribution is 5.75. The van der Waals surface area contributed by atoms with Crippen molar-refractivity contribution in [2.24, 2.45) is 0 Å². The molecule has 5 nitrogen and oxygen atoms in total. The molecule has 0 saturated carbocycles. The number of nitrogens with one attached hydrogen (secondary N) is 1. The number of hydrogen-bond acceptors (Lipinski definition) is 4. The lowest BCUT2D eigenvalue weighted by Crippen LogP contribution is -2.08. The zero-order valence-electron chi connectivity index (χ0n) is 9.05. The molecule has 0 spiro atoms. The van der Waals surface area contributed by atoms with Gasteiger partial charge in [0.15, 0.2) is 6.29 Å². The lowest BCUT2D eigenvalue weighted by atomic mass is 10.2. The quantitative estimate of drug-likeness (QED) is 0.754. The van der Waals surface area contributed by atoms with Gasteiger partial charge < -0.3 is 10.4 Å². The number of benzene rings is 1. The van der Waals surface area contributed by atoms with E-state index in [-0.39, 0.29) is 5.75 Å². The van der Waals surface area contributed by atoms with Crippen LogP contribution in [0.5, 0.6) is 5.75 Å². The first-order valence-corrected chi connectivity index (χ1v) is 5.35. The number of carbonyl (C=O) groups is 1. The molecule has 0 radical (unpaired) electrons. The lowest BCUT2D eigenvalue weighted by Gasteiger charge is -2.05. The van der Waals surface area contributed by atoms with Crippen molar-refractivity contribution < 1.29 is 9.90 Å².